The van der Waals surface area contributed by atoms with E-state index in [1.165, 1.54) is 64.7 Å². The molecule has 0 aromatic rings. The molecule has 2 aliphatic rings. The Morgan fingerprint density at radius 3 is 2.60 bits per heavy atom. The number of likely N-dealkylation sites (tertiary alicyclic amines) is 1. The molecular formula is C13H26N2. The molecule has 0 aromatic heterocycles. The second-order valence-corrected chi connectivity index (χ2v) is 5.29. The van der Waals surface area contributed by atoms with Gasteiger partial charge in [0.1, 0.15) is 0 Å². The molecule has 0 spiro atoms. The quantitative estimate of drug-likeness (QED) is 0.765. The first-order valence-electron chi connectivity index (χ1n) is 6.84. The van der Waals surface area contributed by atoms with Crippen LogP contribution in [0, 0.1) is 5.92 Å². The van der Waals surface area contributed by atoms with Crippen molar-refractivity contribution in [1.29, 1.82) is 0 Å². The van der Waals surface area contributed by atoms with Crippen LogP contribution in [-0.4, -0.2) is 37.1 Å². The van der Waals surface area contributed by atoms with Crippen molar-refractivity contribution in [2.24, 2.45) is 5.92 Å². The van der Waals surface area contributed by atoms with Crippen LogP contribution in [0.5, 0.6) is 0 Å². The van der Waals surface area contributed by atoms with Gasteiger partial charge in [-0.3, -0.25) is 0 Å². The molecule has 2 heteroatoms. The van der Waals surface area contributed by atoms with Gasteiger partial charge in [0.25, 0.3) is 0 Å². The molecule has 2 aliphatic heterocycles. The zero-order valence-corrected chi connectivity index (χ0v) is 10.2. The highest BCUT2D eigenvalue weighted by Crippen LogP contribution is 2.19. The van der Waals surface area contributed by atoms with Crippen molar-refractivity contribution in [2.45, 2.75) is 51.5 Å². The van der Waals surface area contributed by atoms with Crippen molar-refractivity contribution < 1.29 is 0 Å². The molecule has 2 atom stereocenters. The van der Waals surface area contributed by atoms with E-state index in [0.29, 0.717) is 0 Å². The first-order valence-corrected chi connectivity index (χ1v) is 6.84. The summed E-state index contributed by atoms with van der Waals surface area (Å²) in [5, 5.41) is 3.72. The van der Waals surface area contributed by atoms with Gasteiger partial charge in [-0.1, -0.05) is 13.3 Å². The van der Waals surface area contributed by atoms with Crippen LogP contribution < -0.4 is 5.32 Å². The lowest BCUT2D eigenvalue weighted by Gasteiger charge is -2.30. The summed E-state index contributed by atoms with van der Waals surface area (Å²) in [5.41, 5.74) is 0. The lowest BCUT2D eigenvalue weighted by Crippen LogP contribution is -2.40. The maximum absolute atomic E-state index is 3.72. The molecule has 0 aromatic carbocycles. The van der Waals surface area contributed by atoms with E-state index in [4.69, 9.17) is 0 Å². The summed E-state index contributed by atoms with van der Waals surface area (Å²) in [6.07, 6.45) is 8.44. The highest BCUT2D eigenvalue weighted by atomic mass is 15.1. The van der Waals surface area contributed by atoms with E-state index in [2.05, 4.69) is 17.1 Å². The van der Waals surface area contributed by atoms with Gasteiger partial charge in [0, 0.05) is 6.04 Å². The molecule has 1 N–H and O–H groups in total. The molecule has 15 heavy (non-hydrogen) atoms. The normalized spacial score (nSPS) is 33.4. The Hall–Kier alpha value is -0.0800. The molecule has 0 amide bonds. The predicted molar refractivity (Wildman–Crippen MR) is 65.1 cm³/mol. The Bertz CT molecular complexity index is 167. The average Bonchev–Trinajstić information content (AvgIpc) is 2.80. The SMILES string of the molecule is CC[C@@H]1CC[C@@H](CCN2CCCC2)NC1. The third kappa shape index (κ3) is 3.46. The standard InChI is InChI=1S/C13H26N2/c1-2-12-5-6-13(14-11-12)7-10-15-8-3-4-9-15/h12-14H,2-11H2,1H3/t12-,13+/m1/s1. The van der Waals surface area contributed by atoms with Crippen LogP contribution in [-0.2, 0) is 0 Å². The summed E-state index contributed by atoms with van der Waals surface area (Å²) in [6, 6.07) is 0.813. The van der Waals surface area contributed by atoms with Gasteiger partial charge in [0.2, 0.25) is 0 Å². The van der Waals surface area contributed by atoms with Crippen LogP contribution in [0.3, 0.4) is 0 Å². The van der Waals surface area contributed by atoms with E-state index in [1.807, 2.05) is 0 Å². The molecule has 2 nitrogen and oxygen atoms in total. The molecule has 0 saturated carbocycles. The fourth-order valence-corrected chi connectivity index (χ4v) is 2.91. The molecule has 2 heterocycles. The number of nitrogens with zero attached hydrogens (tertiary/aromatic N) is 1. The lowest BCUT2D eigenvalue weighted by atomic mass is 9.91. The van der Waals surface area contributed by atoms with Gasteiger partial charge in [-0.2, -0.15) is 0 Å². The zero-order valence-electron chi connectivity index (χ0n) is 10.2. The topological polar surface area (TPSA) is 15.3 Å². The van der Waals surface area contributed by atoms with E-state index in [0.717, 1.165) is 12.0 Å². The number of piperidine rings is 1. The summed E-state index contributed by atoms with van der Waals surface area (Å²) in [5.74, 6) is 0.952. The fraction of sp³-hybridized carbons (Fsp3) is 1.00. The molecule has 0 bridgehead atoms. The first kappa shape index (κ1) is 11.4. The maximum Gasteiger partial charge on any atom is 0.00794 e. The highest BCUT2D eigenvalue weighted by Gasteiger charge is 2.20. The van der Waals surface area contributed by atoms with Crippen molar-refractivity contribution in [1.82, 2.24) is 10.2 Å². The smallest absolute Gasteiger partial charge is 0.00794 e. The molecule has 0 aliphatic carbocycles. The molecule has 88 valence electrons. The van der Waals surface area contributed by atoms with Gasteiger partial charge >= 0.3 is 0 Å². The summed E-state index contributed by atoms with van der Waals surface area (Å²) in [7, 11) is 0. The van der Waals surface area contributed by atoms with Crippen molar-refractivity contribution in [3.05, 3.63) is 0 Å². The molecule has 0 radical (unpaired) electrons. The summed E-state index contributed by atoms with van der Waals surface area (Å²) in [6.45, 7) is 7.61. The van der Waals surface area contributed by atoms with Gasteiger partial charge < -0.3 is 10.2 Å². The number of nitrogens with one attached hydrogen (secondary N) is 1. The Labute approximate surface area is 94.4 Å². The van der Waals surface area contributed by atoms with Gasteiger partial charge in [-0.05, 0) is 64.2 Å². The van der Waals surface area contributed by atoms with Crippen molar-refractivity contribution in [2.75, 3.05) is 26.2 Å². The predicted octanol–water partition coefficient (Wildman–Crippen LogP) is 2.25. The first-order chi connectivity index (χ1) is 7.38. The summed E-state index contributed by atoms with van der Waals surface area (Å²) >= 11 is 0. The van der Waals surface area contributed by atoms with Crippen molar-refractivity contribution in [3.63, 3.8) is 0 Å². The Morgan fingerprint density at radius 1 is 1.20 bits per heavy atom. The Kier molecular flexibility index (Phi) is 4.45. The third-order valence-corrected chi connectivity index (χ3v) is 4.19. The van der Waals surface area contributed by atoms with E-state index < -0.39 is 0 Å². The van der Waals surface area contributed by atoms with Gasteiger partial charge in [0.15, 0.2) is 0 Å². The summed E-state index contributed by atoms with van der Waals surface area (Å²) < 4.78 is 0. The number of rotatable bonds is 4. The minimum atomic E-state index is 0.813. The van der Waals surface area contributed by atoms with Gasteiger partial charge in [-0.25, -0.2) is 0 Å². The Balaban J connectivity index is 1.59. The monoisotopic (exact) mass is 210 g/mol. The van der Waals surface area contributed by atoms with Crippen LogP contribution >= 0.6 is 0 Å². The second-order valence-electron chi connectivity index (χ2n) is 5.29. The molecular weight excluding hydrogens is 184 g/mol. The number of hydrogen-bond donors (Lipinski definition) is 1. The van der Waals surface area contributed by atoms with E-state index in [9.17, 15) is 0 Å². The maximum atomic E-state index is 3.72. The van der Waals surface area contributed by atoms with Crippen molar-refractivity contribution >= 4 is 0 Å². The third-order valence-electron chi connectivity index (χ3n) is 4.19. The molecule has 2 fully saturated rings. The van der Waals surface area contributed by atoms with Gasteiger partial charge in [0.05, 0.1) is 0 Å². The van der Waals surface area contributed by atoms with Crippen molar-refractivity contribution in [3.8, 4) is 0 Å². The molecule has 2 rings (SSSR count). The fourth-order valence-electron chi connectivity index (χ4n) is 2.91. The van der Waals surface area contributed by atoms with Crippen LogP contribution in [0.1, 0.15) is 45.4 Å². The van der Waals surface area contributed by atoms with E-state index in [1.54, 1.807) is 0 Å². The zero-order chi connectivity index (χ0) is 10.5. The number of hydrogen-bond acceptors (Lipinski definition) is 2. The average molecular weight is 210 g/mol. The second kappa shape index (κ2) is 5.86. The molecule has 2 saturated heterocycles. The molecule has 0 unspecified atom stereocenters. The lowest BCUT2D eigenvalue weighted by molar-refractivity contribution is 0.257. The summed E-state index contributed by atoms with van der Waals surface area (Å²) in [4.78, 5) is 2.63. The van der Waals surface area contributed by atoms with E-state index in [-0.39, 0.29) is 0 Å². The van der Waals surface area contributed by atoms with Gasteiger partial charge in [-0.15, -0.1) is 0 Å². The minimum absolute atomic E-state index is 0.813. The highest BCUT2D eigenvalue weighted by molar-refractivity contribution is 4.79. The van der Waals surface area contributed by atoms with Crippen LogP contribution in [0.2, 0.25) is 0 Å². The van der Waals surface area contributed by atoms with Crippen LogP contribution in [0.15, 0.2) is 0 Å². The minimum Gasteiger partial charge on any atom is -0.314 e. The van der Waals surface area contributed by atoms with Crippen LogP contribution in [0.25, 0.3) is 0 Å². The van der Waals surface area contributed by atoms with Crippen LogP contribution in [0.4, 0.5) is 0 Å². The van der Waals surface area contributed by atoms with E-state index >= 15 is 0 Å². The Morgan fingerprint density at radius 2 is 2.00 bits per heavy atom. The largest absolute Gasteiger partial charge is 0.314 e.